The lowest BCUT2D eigenvalue weighted by Gasteiger charge is -2.09. The predicted octanol–water partition coefficient (Wildman–Crippen LogP) is 3.68. The molecule has 21 heavy (non-hydrogen) atoms. The number of benzene rings is 2. The first kappa shape index (κ1) is 15.4. The van der Waals surface area contributed by atoms with E-state index in [0.717, 1.165) is 23.7 Å². The zero-order chi connectivity index (χ0) is 15.2. The molecule has 0 saturated carbocycles. The minimum Gasteiger partial charge on any atom is -0.508 e. The highest BCUT2D eigenvalue weighted by Crippen LogP contribution is 2.23. The summed E-state index contributed by atoms with van der Waals surface area (Å²) in [6.07, 6.45) is 1.94. The van der Waals surface area contributed by atoms with Gasteiger partial charge in [0.2, 0.25) is 0 Å². The second-order valence-corrected chi connectivity index (χ2v) is 5.44. The number of phenols is 2. The number of aryl methyl sites for hydroxylation is 1. The summed E-state index contributed by atoms with van der Waals surface area (Å²) in [4.78, 5) is 12.1. The third-order valence-corrected chi connectivity index (χ3v) is 3.57. The van der Waals surface area contributed by atoms with E-state index in [1.807, 2.05) is 18.2 Å². The normalized spacial score (nSPS) is 10.3. The second kappa shape index (κ2) is 7.13. The zero-order valence-electron chi connectivity index (χ0n) is 11.3. The molecular formula is C16H16BrNO3. The van der Waals surface area contributed by atoms with Gasteiger partial charge < -0.3 is 15.5 Å². The number of halogens is 1. The van der Waals surface area contributed by atoms with E-state index >= 15 is 0 Å². The highest BCUT2D eigenvalue weighted by atomic mass is 79.9. The summed E-state index contributed by atoms with van der Waals surface area (Å²) in [5.74, 6) is -0.689. The molecule has 0 aromatic heterocycles. The topological polar surface area (TPSA) is 69.6 Å². The maximum Gasteiger partial charge on any atom is 0.259 e. The van der Waals surface area contributed by atoms with Crippen LogP contribution in [0, 0.1) is 0 Å². The van der Waals surface area contributed by atoms with Gasteiger partial charge >= 0.3 is 0 Å². The van der Waals surface area contributed by atoms with E-state index in [9.17, 15) is 15.0 Å². The number of anilines is 1. The molecule has 0 aliphatic heterocycles. The van der Waals surface area contributed by atoms with Crippen molar-refractivity contribution in [1.82, 2.24) is 0 Å². The molecule has 0 aliphatic carbocycles. The first-order valence-electron chi connectivity index (χ1n) is 6.58. The van der Waals surface area contributed by atoms with Crippen LogP contribution in [0.2, 0.25) is 0 Å². The molecule has 0 saturated heterocycles. The fourth-order valence-electron chi connectivity index (χ4n) is 1.98. The van der Waals surface area contributed by atoms with Gasteiger partial charge in [-0.15, -0.1) is 0 Å². The number of hydrogen-bond donors (Lipinski definition) is 3. The van der Waals surface area contributed by atoms with Crippen molar-refractivity contribution in [2.24, 2.45) is 0 Å². The lowest BCUT2D eigenvalue weighted by atomic mass is 10.1. The number of carbonyl (C=O) groups excluding carboxylic acids is 1. The fraction of sp³-hybridized carbons (Fsp3) is 0.188. The Morgan fingerprint density at radius 1 is 1.14 bits per heavy atom. The van der Waals surface area contributed by atoms with Gasteiger partial charge in [0.25, 0.3) is 5.91 Å². The quantitative estimate of drug-likeness (QED) is 0.569. The van der Waals surface area contributed by atoms with Crippen molar-refractivity contribution < 1.29 is 15.0 Å². The Kier molecular flexibility index (Phi) is 5.22. The van der Waals surface area contributed by atoms with Crippen molar-refractivity contribution in [3.05, 3.63) is 53.6 Å². The van der Waals surface area contributed by atoms with E-state index in [-0.39, 0.29) is 17.1 Å². The Bertz CT molecular complexity index is 643. The minimum atomic E-state index is -0.457. The van der Waals surface area contributed by atoms with Gasteiger partial charge in [-0.1, -0.05) is 28.1 Å². The minimum absolute atomic E-state index is 0.0425. The zero-order valence-corrected chi connectivity index (χ0v) is 12.9. The van der Waals surface area contributed by atoms with Crippen LogP contribution >= 0.6 is 15.9 Å². The summed E-state index contributed by atoms with van der Waals surface area (Å²) in [5, 5.41) is 22.7. The lowest BCUT2D eigenvalue weighted by molar-refractivity contribution is 0.102. The SMILES string of the molecule is O=C(Nc1cccc(CCCBr)c1)c1cc(O)ccc1O. The fourth-order valence-corrected chi connectivity index (χ4v) is 2.26. The van der Waals surface area contributed by atoms with Crippen LogP contribution in [0.3, 0.4) is 0 Å². The molecule has 0 heterocycles. The van der Waals surface area contributed by atoms with E-state index in [0.29, 0.717) is 5.69 Å². The molecule has 1 amide bonds. The van der Waals surface area contributed by atoms with Gasteiger partial charge in [-0.25, -0.2) is 0 Å². The summed E-state index contributed by atoms with van der Waals surface area (Å²) in [7, 11) is 0. The molecule has 2 rings (SSSR count). The standard InChI is InChI=1S/C16H16BrNO3/c17-8-2-4-11-3-1-5-12(9-11)18-16(21)14-10-13(19)6-7-15(14)20/h1,3,5-7,9-10,19-20H,2,4,8H2,(H,18,21). The number of rotatable bonds is 5. The molecular weight excluding hydrogens is 334 g/mol. The van der Waals surface area contributed by atoms with Crippen molar-refractivity contribution in [3.8, 4) is 11.5 Å². The van der Waals surface area contributed by atoms with Crippen molar-refractivity contribution in [1.29, 1.82) is 0 Å². The number of hydrogen-bond acceptors (Lipinski definition) is 3. The molecule has 2 aromatic rings. The lowest BCUT2D eigenvalue weighted by Crippen LogP contribution is -2.12. The predicted molar refractivity (Wildman–Crippen MR) is 86.3 cm³/mol. The molecule has 0 spiro atoms. The van der Waals surface area contributed by atoms with Gasteiger partial charge in [-0.05, 0) is 48.7 Å². The van der Waals surface area contributed by atoms with Gasteiger partial charge in [0, 0.05) is 11.0 Å². The van der Waals surface area contributed by atoms with E-state index in [4.69, 9.17) is 0 Å². The van der Waals surface area contributed by atoms with Crippen molar-refractivity contribution in [3.63, 3.8) is 0 Å². The van der Waals surface area contributed by atoms with Gasteiger partial charge in [0.15, 0.2) is 0 Å². The second-order valence-electron chi connectivity index (χ2n) is 4.65. The van der Waals surface area contributed by atoms with Gasteiger partial charge in [0.05, 0.1) is 5.56 Å². The Hall–Kier alpha value is -2.01. The summed E-state index contributed by atoms with van der Waals surface area (Å²) in [6, 6.07) is 11.4. The summed E-state index contributed by atoms with van der Waals surface area (Å²) >= 11 is 3.39. The number of aromatic hydroxyl groups is 2. The average Bonchev–Trinajstić information content (AvgIpc) is 2.48. The maximum atomic E-state index is 12.1. The van der Waals surface area contributed by atoms with E-state index in [1.165, 1.54) is 18.2 Å². The van der Waals surface area contributed by atoms with E-state index in [1.54, 1.807) is 6.07 Å². The van der Waals surface area contributed by atoms with Crippen LogP contribution < -0.4 is 5.32 Å². The molecule has 3 N–H and O–H groups in total. The van der Waals surface area contributed by atoms with Crippen LogP contribution in [0.4, 0.5) is 5.69 Å². The third kappa shape index (κ3) is 4.23. The number of phenolic OH excluding ortho intramolecular Hbond substituents is 2. The molecule has 0 fully saturated rings. The monoisotopic (exact) mass is 349 g/mol. The van der Waals surface area contributed by atoms with E-state index < -0.39 is 5.91 Å². The van der Waals surface area contributed by atoms with Gasteiger partial charge in [-0.3, -0.25) is 4.79 Å². The summed E-state index contributed by atoms with van der Waals surface area (Å²) < 4.78 is 0. The third-order valence-electron chi connectivity index (χ3n) is 3.01. The molecule has 110 valence electrons. The van der Waals surface area contributed by atoms with Crippen LogP contribution in [0.5, 0.6) is 11.5 Å². The van der Waals surface area contributed by atoms with E-state index in [2.05, 4.69) is 21.2 Å². The molecule has 2 aromatic carbocycles. The molecule has 4 nitrogen and oxygen atoms in total. The highest BCUT2D eigenvalue weighted by molar-refractivity contribution is 9.09. The van der Waals surface area contributed by atoms with Crippen molar-refractivity contribution in [2.45, 2.75) is 12.8 Å². The molecule has 0 atom stereocenters. The van der Waals surface area contributed by atoms with Crippen LogP contribution in [-0.4, -0.2) is 21.5 Å². The number of carbonyl (C=O) groups is 1. The Labute approximate surface area is 131 Å². The number of amides is 1. The summed E-state index contributed by atoms with van der Waals surface area (Å²) in [5.41, 5.74) is 1.84. The largest absolute Gasteiger partial charge is 0.508 e. The van der Waals surface area contributed by atoms with Gasteiger partial charge in [-0.2, -0.15) is 0 Å². The molecule has 0 bridgehead atoms. The number of alkyl halides is 1. The maximum absolute atomic E-state index is 12.1. The Morgan fingerprint density at radius 2 is 1.95 bits per heavy atom. The molecule has 5 heteroatoms. The molecule has 0 aliphatic rings. The number of nitrogens with one attached hydrogen (secondary N) is 1. The van der Waals surface area contributed by atoms with Crippen molar-refractivity contribution in [2.75, 3.05) is 10.6 Å². The summed E-state index contributed by atoms with van der Waals surface area (Å²) in [6.45, 7) is 0. The molecule has 0 radical (unpaired) electrons. The van der Waals surface area contributed by atoms with Crippen LogP contribution in [-0.2, 0) is 6.42 Å². The first-order valence-corrected chi connectivity index (χ1v) is 7.70. The smallest absolute Gasteiger partial charge is 0.259 e. The van der Waals surface area contributed by atoms with Crippen molar-refractivity contribution >= 4 is 27.5 Å². The van der Waals surface area contributed by atoms with Crippen LogP contribution in [0.1, 0.15) is 22.3 Å². The molecule has 0 unspecified atom stereocenters. The van der Waals surface area contributed by atoms with Crippen LogP contribution in [0.15, 0.2) is 42.5 Å². The Balaban J connectivity index is 2.14. The average molecular weight is 350 g/mol. The first-order chi connectivity index (χ1) is 10.1. The highest BCUT2D eigenvalue weighted by Gasteiger charge is 2.12. The van der Waals surface area contributed by atoms with Crippen LogP contribution in [0.25, 0.3) is 0 Å². The Morgan fingerprint density at radius 3 is 2.71 bits per heavy atom. The van der Waals surface area contributed by atoms with Gasteiger partial charge in [0.1, 0.15) is 11.5 Å².